The Morgan fingerprint density at radius 2 is 2.10 bits per heavy atom. The third-order valence-corrected chi connectivity index (χ3v) is 4.25. The lowest BCUT2D eigenvalue weighted by atomic mass is 10.0. The van der Waals surface area contributed by atoms with Gasteiger partial charge in [0.05, 0.1) is 0 Å². The van der Waals surface area contributed by atoms with Crippen molar-refractivity contribution in [3.63, 3.8) is 0 Å². The Morgan fingerprint density at radius 3 is 2.95 bits per heavy atom. The zero-order valence-corrected chi connectivity index (χ0v) is 12.3. The molecule has 5 heteroatoms. The molecule has 5 nitrogen and oxygen atoms in total. The predicted molar refractivity (Wildman–Crippen MR) is 79.8 cm³/mol. The van der Waals surface area contributed by atoms with Gasteiger partial charge in [-0.05, 0) is 37.3 Å². The topological polar surface area (TPSA) is 55.1 Å². The zero-order chi connectivity index (χ0) is 13.9. The highest BCUT2D eigenvalue weighted by Crippen LogP contribution is 2.24. The summed E-state index contributed by atoms with van der Waals surface area (Å²) in [4.78, 5) is 0. The molecule has 0 bridgehead atoms. The first-order chi connectivity index (χ1) is 9.76. The van der Waals surface area contributed by atoms with Crippen molar-refractivity contribution in [3.8, 4) is 0 Å². The van der Waals surface area contributed by atoms with Crippen molar-refractivity contribution in [1.29, 1.82) is 0 Å². The highest BCUT2D eigenvalue weighted by atomic mass is 15.4. The largest absolute Gasteiger partial charge is 0.366 e. The van der Waals surface area contributed by atoms with Gasteiger partial charge in [-0.1, -0.05) is 26.7 Å². The first-order valence-electron chi connectivity index (χ1n) is 7.74. The first-order valence-corrected chi connectivity index (χ1v) is 7.74. The summed E-state index contributed by atoms with van der Waals surface area (Å²) in [6.45, 7) is 4.43. The molecule has 0 spiro atoms. The molecule has 0 aliphatic heterocycles. The van der Waals surface area contributed by atoms with Gasteiger partial charge in [0.1, 0.15) is 5.82 Å². The predicted octanol–water partition coefficient (Wildman–Crippen LogP) is 3.07. The van der Waals surface area contributed by atoms with Crippen molar-refractivity contribution >= 4 is 11.5 Å². The molecule has 1 aliphatic rings. The van der Waals surface area contributed by atoms with E-state index in [-0.39, 0.29) is 0 Å². The van der Waals surface area contributed by atoms with E-state index in [1.165, 1.54) is 32.1 Å². The summed E-state index contributed by atoms with van der Waals surface area (Å²) in [5, 5.41) is 16.5. The summed E-state index contributed by atoms with van der Waals surface area (Å²) in [5.74, 6) is 2.71. The van der Waals surface area contributed by atoms with E-state index >= 15 is 0 Å². The Kier molecular flexibility index (Phi) is 3.85. The van der Waals surface area contributed by atoms with Gasteiger partial charge in [0.25, 0.3) is 0 Å². The van der Waals surface area contributed by atoms with Crippen molar-refractivity contribution in [2.45, 2.75) is 58.4 Å². The molecule has 2 atom stereocenters. The molecule has 1 N–H and O–H groups in total. The molecule has 1 saturated carbocycles. The van der Waals surface area contributed by atoms with E-state index in [9.17, 15) is 0 Å². The van der Waals surface area contributed by atoms with Crippen LogP contribution < -0.4 is 5.32 Å². The Bertz CT molecular complexity index is 577. The maximum atomic E-state index is 4.63. The van der Waals surface area contributed by atoms with E-state index in [4.69, 9.17) is 0 Å². The van der Waals surface area contributed by atoms with Crippen LogP contribution in [-0.4, -0.2) is 25.9 Å². The fourth-order valence-corrected chi connectivity index (χ4v) is 2.97. The molecule has 108 valence electrons. The SMILES string of the molecule is CCc1nnc2ccc(NC3CCCC(C)CC3)nn12. The van der Waals surface area contributed by atoms with E-state index in [0.29, 0.717) is 6.04 Å². The van der Waals surface area contributed by atoms with Crippen LogP contribution in [0.1, 0.15) is 51.8 Å². The Labute approximate surface area is 119 Å². The number of rotatable bonds is 3. The normalized spacial score (nSPS) is 23.7. The molecular formula is C15H23N5. The highest BCUT2D eigenvalue weighted by molar-refractivity contribution is 5.44. The number of hydrogen-bond acceptors (Lipinski definition) is 4. The molecule has 2 aromatic rings. The van der Waals surface area contributed by atoms with Gasteiger partial charge in [0.15, 0.2) is 11.5 Å². The third-order valence-electron chi connectivity index (χ3n) is 4.25. The molecule has 3 rings (SSSR count). The Hall–Kier alpha value is -1.65. The monoisotopic (exact) mass is 273 g/mol. The molecule has 2 unspecified atom stereocenters. The molecule has 0 radical (unpaired) electrons. The van der Waals surface area contributed by atoms with Gasteiger partial charge < -0.3 is 5.32 Å². The van der Waals surface area contributed by atoms with Crippen LogP contribution in [0.5, 0.6) is 0 Å². The third kappa shape index (κ3) is 2.76. The molecule has 0 saturated heterocycles. The van der Waals surface area contributed by atoms with Crippen molar-refractivity contribution in [2.75, 3.05) is 5.32 Å². The number of aromatic nitrogens is 4. The summed E-state index contributed by atoms with van der Waals surface area (Å²) in [5.41, 5.74) is 0.821. The minimum atomic E-state index is 0.548. The molecule has 0 aromatic carbocycles. The fraction of sp³-hybridized carbons (Fsp3) is 0.667. The average Bonchev–Trinajstić information content (AvgIpc) is 2.75. The number of anilines is 1. The van der Waals surface area contributed by atoms with E-state index in [1.807, 2.05) is 16.6 Å². The van der Waals surface area contributed by atoms with Crippen LogP contribution in [0.3, 0.4) is 0 Å². The van der Waals surface area contributed by atoms with Gasteiger partial charge >= 0.3 is 0 Å². The van der Waals surface area contributed by atoms with E-state index < -0.39 is 0 Å². The second kappa shape index (κ2) is 5.77. The van der Waals surface area contributed by atoms with Gasteiger partial charge in [-0.15, -0.1) is 15.3 Å². The standard InChI is InChI=1S/C15H23N5/c1-3-14-17-18-15-10-9-13(19-20(14)15)16-12-6-4-5-11(2)7-8-12/h9-12H,3-8H2,1-2H3,(H,16,19). The van der Waals surface area contributed by atoms with Crippen LogP contribution >= 0.6 is 0 Å². The minimum absolute atomic E-state index is 0.548. The Balaban J connectivity index is 1.76. The lowest BCUT2D eigenvalue weighted by molar-refractivity contribution is 0.501. The molecule has 1 fully saturated rings. The summed E-state index contributed by atoms with van der Waals surface area (Å²) < 4.78 is 1.85. The zero-order valence-electron chi connectivity index (χ0n) is 12.3. The van der Waals surface area contributed by atoms with Gasteiger partial charge in [0.2, 0.25) is 0 Å². The van der Waals surface area contributed by atoms with Crippen molar-refractivity contribution < 1.29 is 0 Å². The molecule has 0 amide bonds. The van der Waals surface area contributed by atoms with Crippen LogP contribution in [0.15, 0.2) is 12.1 Å². The van der Waals surface area contributed by atoms with Crippen LogP contribution in [-0.2, 0) is 6.42 Å². The van der Waals surface area contributed by atoms with Crippen LogP contribution in [0.25, 0.3) is 5.65 Å². The van der Waals surface area contributed by atoms with Crippen molar-refractivity contribution in [1.82, 2.24) is 19.8 Å². The second-order valence-electron chi connectivity index (χ2n) is 5.91. The van der Waals surface area contributed by atoms with Crippen LogP contribution in [0.4, 0.5) is 5.82 Å². The van der Waals surface area contributed by atoms with Gasteiger partial charge in [-0.25, -0.2) is 0 Å². The lowest BCUT2D eigenvalue weighted by Gasteiger charge is -2.17. The first kappa shape index (κ1) is 13.3. The number of nitrogens with zero attached hydrogens (tertiary/aromatic N) is 4. The molecule has 2 heterocycles. The van der Waals surface area contributed by atoms with Crippen LogP contribution in [0, 0.1) is 5.92 Å². The number of fused-ring (bicyclic) bond motifs is 1. The van der Waals surface area contributed by atoms with Crippen LogP contribution in [0.2, 0.25) is 0 Å². The van der Waals surface area contributed by atoms with Gasteiger partial charge in [-0.3, -0.25) is 0 Å². The summed E-state index contributed by atoms with van der Waals surface area (Å²) in [7, 11) is 0. The summed E-state index contributed by atoms with van der Waals surface area (Å²) in [6.07, 6.45) is 7.31. The molecule has 1 aliphatic carbocycles. The summed E-state index contributed by atoms with van der Waals surface area (Å²) in [6, 6.07) is 4.55. The van der Waals surface area contributed by atoms with Crippen molar-refractivity contribution in [3.05, 3.63) is 18.0 Å². The average molecular weight is 273 g/mol. The fourth-order valence-electron chi connectivity index (χ4n) is 2.97. The maximum absolute atomic E-state index is 4.63. The Morgan fingerprint density at radius 1 is 1.20 bits per heavy atom. The quantitative estimate of drug-likeness (QED) is 0.873. The second-order valence-corrected chi connectivity index (χ2v) is 5.91. The highest BCUT2D eigenvalue weighted by Gasteiger charge is 2.16. The lowest BCUT2D eigenvalue weighted by Crippen LogP contribution is -2.20. The number of aryl methyl sites for hydroxylation is 1. The smallest absolute Gasteiger partial charge is 0.178 e. The number of nitrogens with one attached hydrogen (secondary N) is 1. The van der Waals surface area contributed by atoms with Gasteiger partial charge in [0, 0.05) is 12.5 Å². The minimum Gasteiger partial charge on any atom is -0.366 e. The van der Waals surface area contributed by atoms with Crippen molar-refractivity contribution in [2.24, 2.45) is 5.92 Å². The molecule has 20 heavy (non-hydrogen) atoms. The van der Waals surface area contributed by atoms with E-state index in [1.54, 1.807) is 0 Å². The number of hydrogen-bond donors (Lipinski definition) is 1. The van der Waals surface area contributed by atoms with E-state index in [0.717, 1.165) is 29.6 Å². The van der Waals surface area contributed by atoms with E-state index in [2.05, 4.69) is 34.5 Å². The van der Waals surface area contributed by atoms with Gasteiger partial charge in [-0.2, -0.15) is 4.52 Å². The summed E-state index contributed by atoms with van der Waals surface area (Å²) >= 11 is 0. The maximum Gasteiger partial charge on any atom is 0.178 e. The molecular weight excluding hydrogens is 250 g/mol. The molecule has 2 aromatic heterocycles.